The molecule has 2 bridgehead atoms. The van der Waals surface area contributed by atoms with Crippen LogP contribution in [0, 0.1) is 23.7 Å². The van der Waals surface area contributed by atoms with Crippen molar-refractivity contribution in [3.8, 4) is 0 Å². The van der Waals surface area contributed by atoms with E-state index in [4.69, 9.17) is 29.9 Å². The summed E-state index contributed by atoms with van der Waals surface area (Å²) in [5.74, 6) is -2.90. The van der Waals surface area contributed by atoms with Gasteiger partial charge >= 0.3 is 186 Å². The van der Waals surface area contributed by atoms with Gasteiger partial charge in [0.05, 0.1) is 0 Å². The van der Waals surface area contributed by atoms with Crippen molar-refractivity contribution in [1.29, 1.82) is 0 Å². The van der Waals surface area contributed by atoms with E-state index in [0.29, 0.717) is 12.8 Å². The zero-order valence-electron chi connectivity index (χ0n) is 17.9. The van der Waals surface area contributed by atoms with Crippen LogP contribution >= 0.6 is 0 Å². The molecule has 29 heavy (non-hydrogen) atoms. The van der Waals surface area contributed by atoms with Crippen LogP contribution < -0.4 is 21.2 Å². The quantitative estimate of drug-likeness (QED) is 0.140. The van der Waals surface area contributed by atoms with Gasteiger partial charge in [-0.2, -0.15) is 0 Å². The third-order valence-electron chi connectivity index (χ3n) is 6.69. The Bertz CT molecular complexity index is 720. The fourth-order valence-corrected chi connectivity index (χ4v) is 6.80. The molecule has 158 valence electrons. The molecule has 1 aliphatic heterocycles. The van der Waals surface area contributed by atoms with Crippen molar-refractivity contribution in [3.05, 3.63) is 0 Å². The number of alkyl halides is 2. The number of halogens is 1. The van der Waals surface area contributed by atoms with Gasteiger partial charge < -0.3 is 0 Å². The van der Waals surface area contributed by atoms with E-state index in [9.17, 15) is 14.4 Å². The van der Waals surface area contributed by atoms with Crippen LogP contribution in [-0.2, 0) is 28.6 Å². The summed E-state index contributed by atoms with van der Waals surface area (Å²) in [6.07, 6.45) is -0.157. The molecule has 3 fully saturated rings. The molecule has 0 aromatic heterocycles. The summed E-state index contributed by atoms with van der Waals surface area (Å²) in [4.78, 5) is 40.5. The number of rotatable bonds is 6. The van der Waals surface area contributed by atoms with Crippen LogP contribution in [0.25, 0.3) is 0 Å². The Kier molecular flexibility index (Phi) is 5.89. The van der Waals surface area contributed by atoms with Crippen LogP contribution in [0.5, 0.6) is 0 Å². The Morgan fingerprint density at radius 3 is 2.34 bits per heavy atom. The molecular formula is C20H28B2IO6-. The Hall–Kier alpha value is -0.730. The number of hydrogen-bond donors (Lipinski definition) is 0. The van der Waals surface area contributed by atoms with Gasteiger partial charge in [0.25, 0.3) is 0 Å². The first-order chi connectivity index (χ1) is 13.3. The van der Waals surface area contributed by atoms with E-state index in [0.717, 1.165) is 0 Å². The predicted molar refractivity (Wildman–Crippen MR) is 103 cm³/mol. The maximum atomic E-state index is 13.2. The van der Waals surface area contributed by atoms with E-state index in [2.05, 4.69) is 0 Å². The van der Waals surface area contributed by atoms with Gasteiger partial charge in [0.2, 0.25) is 0 Å². The average Bonchev–Trinajstić information content (AvgIpc) is 3.22. The Labute approximate surface area is 185 Å². The van der Waals surface area contributed by atoms with Gasteiger partial charge in [-0.1, -0.05) is 0 Å². The van der Waals surface area contributed by atoms with Crippen molar-refractivity contribution in [1.82, 2.24) is 0 Å². The number of hydrogen-bond acceptors (Lipinski definition) is 6. The summed E-state index contributed by atoms with van der Waals surface area (Å²) >= 11 is -0.693. The van der Waals surface area contributed by atoms with E-state index in [1.54, 1.807) is 27.7 Å². The molecule has 2 aliphatic carbocycles. The van der Waals surface area contributed by atoms with Gasteiger partial charge in [-0.25, -0.2) is 0 Å². The van der Waals surface area contributed by atoms with Crippen molar-refractivity contribution in [2.45, 2.75) is 73.9 Å². The molecule has 6 nitrogen and oxygen atoms in total. The van der Waals surface area contributed by atoms with Crippen molar-refractivity contribution in [3.63, 3.8) is 0 Å². The third kappa shape index (κ3) is 3.63. The minimum absolute atomic E-state index is 0.128. The first kappa shape index (κ1) is 22.9. The van der Waals surface area contributed by atoms with Crippen molar-refractivity contribution in [2.75, 3.05) is 4.93 Å². The predicted octanol–water partition coefficient (Wildman–Crippen LogP) is -1.61. The number of fused-ring (bicyclic) bond motifs is 1. The normalized spacial score (nSPS) is 35.3. The summed E-state index contributed by atoms with van der Waals surface area (Å²) in [6.45, 7) is 8.94. The molecule has 3 rings (SSSR count). The van der Waals surface area contributed by atoms with Crippen LogP contribution in [0.3, 0.4) is 0 Å². The number of ether oxygens (including phenoxy) is 3. The van der Waals surface area contributed by atoms with E-state index in [1.165, 1.54) is 0 Å². The third-order valence-corrected chi connectivity index (χ3v) is 10.3. The first-order valence-corrected chi connectivity index (χ1v) is 13.2. The number of carbonyl (C=O) groups excluding carboxylic acids is 3. The molecule has 3 aliphatic rings. The van der Waals surface area contributed by atoms with Crippen molar-refractivity contribution in [2.24, 2.45) is 23.7 Å². The SMILES string of the molecule is [B]C([B])(CC)C(C)([I-]C)C(=O)OC1C2CC3C1OC(=O)C3C2C(=O)OC(C)(C)C. The molecule has 0 amide bonds. The van der Waals surface area contributed by atoms with E-state index in [1.807, 2.05) is 11.9 Å². The average molecular weight is 513 g/mol. The van der Waals surface area contributed by atoms with Crippen LogP contribution in [0.15, 0.2) is 0 Å². The number of carbonyl (C=O) groups is 3. The number of esters is 3. The summed E-state index contributed by atoms with van der Waals surface area (Å²) < 4.78 is 16.0. The fourth-order valence-electron chi connectivity index (χ4n) is 4.85. The fraction of sp³-hybridized carbons (Fsp3) is 0.850. The molecule has 1 saturated heterocycles. The molecule has 4 radical (unpaired) electrons. The van der Waals surface area contributed by atoms with Crippen LogP contribution in [0.2, 0.25) is 5.21 Å². The van der Waals surface area contributed by atoms with Crippen LogP contribution in [-0.4, -0.2) is 59.8 Å². The van der Waals surface area contributed by atoms with Crippen molar-refractivity contribution < 1.29 is 49.8 Å². The maximum absolute atomic E-state index is 13.2. The summed E-state index contributed by atoms with van der Waals surface area (Å²) in [5, 5.41) is -1.19. The standard InChI is InChI=1S/C20H28B2IO6/c1-7-20(21,22)19(5,23-6)17(26)28-14-10-8-9-11(15(24)27-13(9)14)12(10)16(25)29-18(2,3)4/h9-14H,7-8H2,1-6H3/q-1. The summed E-state index contributed by atoms with van der Waals surface area (Å²) in [6, 6.07) is 0. The molecule has 0 aromatic carbocycles. The molecule has 7 atom stereocenters. The van der Waals surface area contributed by atoms with Crippen molar-refractivity contribution >= 4 is 33.6 Å². The molecule has 7 unspecified atom stereocenters. The van der Waals surface area contributed by atoms with Gasteiger partial charge in [-0.05, 0) is 0 Å². The Balaban J connectivity index is 1.85. The molecule has 2 saturated carbocycles. The van der Waals surface area contributed by atoms with Gasteiger partial charge in [0.15, 0.2) is 0 Å². The van der Waals surface area contributed by atoms with Gasteiger partial charge in [0.1, 0.15) is 0 Å². The molecule has 0 aromatic rings. The Morgan fingerprint density at radius 1 is 1.21 bits per heavy atom. The molecule has 1 heterocycles. The van der Waals surface area contributed by atoms with E-state index in [-0.39, 0.29) is 11.8 Å². The van der Waals surface area contributed by atoms with E-state index >= 15 is 0 Å². The topological polar surface area (TPSA) is 78.9 Å². The van der Waals surface area contributed by atoms with E-state index < -0.39 is 77.4 Å². The zero-order chi connectivity index (χ0) is 21.9. The second kappa shape index (κ2) is 7.45. The second-order valence-electron chi connectivity index (χ2n) is 9.51. The molecule has 9 heteroatoms. The monoisotopic (exact) mass is 513 g/mol. The van der Waals surface area contributed by atoms with Crippen LogP contribution in [0.4, 0.5) is 0 Å². The van der Waals surface area contributed by atoms with Gasteiger partial charge in [-0.15, -0.1) is 0 Å². The van der Waals surface area contributed by atoms with Gasteiger partial charge in [-0.3, -0.25) is 0 Å². The molecular weight excluding hydrogens is 485 g/mol. The first-order valence-electron chi connectivity index (χ1n) is 10.00. The summed E-state index contributed by atoms with van der Waals surface area (Å²) in [7, 11) is 12.5. The summed E-state index contributed by atoms with van der Waals surface area (Å²) in [5.41, 5.74) is -0.669. The molecule has 0 spiro atoms. The minimum atomic E-state index is -1.19. The van der Waals surface area contributed by atoms with Gasteiger partial charge in [0, 0.05) is 0 Å². The Morgan fingerprint density at radius 2 is 1.83 bits per heavy atom. The van der Waals surface area contributed by atoms with Crippen LogP contribution in [0.1, 0.15) is 47.5 Å². The second-order valence-corrected chi connectivity index (χ2v) is 12.7. The zero-order valence-corrected chi connectivity index (χ0v) is 20.0. The molecule has 0 N–H and O–H groups in total.